The molecule has 0 aliphatic carbocycles. The monoisotopic (exact) mass is 331 g/mol. The Morgan fingerprint density at radius 3 is 2.54 bits per heavy atom. The minimum Gasteiger partial charge on any atom is -0.402 e. The fourth-order valence-electron chi connectivity index (χ4n) is 2.27. The SMILES string of the molecule is Cc1cccc(C2=N/C(=C/c3cccc(C(F)(F)F)c3)C(=O)O2)c1. The molecule has 0 saturated heterocycles. The van der Waals surface area contributed by atoms with Crippen LogP contribution in [0.5, 0.6) is 0 Å². The Morgan fingerprint density at radius 2 is 1.83 bits per heavy atom. The van der Waals surface area contributed by atoms with Gasteiger partial charge in [-0.1, -0.05) is 29.8 Å². The number of alkyl halides is 3. The molecule has 0 fully saturated rings. The Morgan fingerprint density at radius 1 is 1.08 bits per heavy atom. The van der Waals surface area contributed by atoms with Gasteiger partial charge in [-0.25, -0.2) is 9.79 Å². The lowest BCUT2D eigenvalue weighted by atomic mass is 10.1. The zero-order valence-electron chi connectivity index (χ0n) is 12.6. The van der Waals surface area contributed by atoms with Crippen LogP contribution in [-0.2, 0) is 15.7 Å². The van der Waals surface area contributed by atoms with Crippen molar-refractivity contribution in [2.75, 3.05) is 0 Å². The topological polar surface area (TPSA) is 38.7 Å². The molecule has 0 N–H and O–H groups in total. The smallest absolute Gasteiger partial charge is 0.402 e. The number of cyclic esters (lactones) is 1. The van der Waals surface area contributed by atoms with Gasteiger partial charge in [0.05, 0.1) is 5.56 Å². The van der Waals surface area contributed by atoms with Gasteiger partial charge in [0, 0.05) is 5.56 Å². The number of aliphatic imine (C=N–C) groups is 1. The molecule has 3 rings (SSSR count). The van der Waals surface area contributed by atoms with E-state index in [-0.39, 0.29) is 17.2 Å². The molecule has 0 radical (unpaired) electrons. The molecule has 0 atom stereocenters. The van der Waals surface area contributed by atoms with Gasteiger partial charge in [-0.2, -0.15) is 13.2 Å². The van der Waals surface area contributed by atoms with Crippen molar-refractivity contribution in [1.29, 1.82) is 0 Å². The van der Waals surface area contributed by atoms with Crippen molar-refractivity contribution in [3.63, 3.8) is 0 Å². The summed E-state index contributed by atoms with van der Waals surface area (Å²) in [6.45, 7) is 1.89. The number of halogens is 3. The van der Waals surface area contributed by atoms with Crippen molar-refractivity contribution in [3.8, 4) is 0 Å². The van der Waals surface area contributed by atoms with Crippen molar-refractivity contribution < 1.29 is 22.7 Å². The van der Waals surface area contributed by atoms with Gasteiger partial charge in [0.1, 0.15) is 0 Å². The Kier molecular flexibility index (Phi) is 3.97. The molecule has 2 aromatic rings. The van der Waals surface area contributed by atoms with Gasteiger partial charge in [-0.15, -0.1) is 0 Å². The summed E-state index contributed by atoms with van der Waals surface area (Å²) < 4.78 is 43.3. The lowest BCUT2D eigenvalue weighted by Crippen LogP contribution is -2.05. The van der Waals surface area contributed by atoms with Crippen molar-refractivity contribution in [2.45, 2.75) is 13.1 Å². The van der Waals surface area contributed by atoms with E-state index in [1.165, 1.54) is 18.2 Å². The van der Waals surface area contributed by atoms with Crippen LogP contribution in [0.4, 0.5) is 13.2 Å². The van der Waals surface area contributed by atoms with Crippen LogP contribution < -0.4 is 0 Å². The van der Waals surface area contributed by atoms with Gasteiger partial charge in [0.2, 0.25) is 5.90 Å². The molecule has 1 aliphatic heterocycles. The lowest BCUT2D eigenvalue weighted by molar-refractivity contribution is -0.137. The Labute approximate surface area is 136 Å². The number of carbonyl (C=O) groups is 1. The van der Waals surface area contributed by atoms with E-state index < -0.39 is 17.7 Å². The van der Waals surface area contributed by atoms with E-state index in [0.717, 1.165) is 17.7 Å². The molecule has 122 valence electrons. The maximum atomic E-state index is 12.7. The normalized spacial score (nSPS) is 16.2. The Hall–Kier alpha value is -2.89. The number of carbonyl (C=O) groups excluding carboxylic acids is 1. The van der Waals surface area contributed by atoms with Crippen LogP contribution in [-0.4, -0.2) is 11.9 Å². The highest BCUT2D eigenvalue weighted by atomic mass is 19.4. The number of esters is 1. The van der Waals surface area contributed by atoms with E-state index in [4.69, 9.17) is 4.74 Å². The van der Waals surface area contributed by atoms with E-state index in [0.29, 0.717) is 5.56 Å². The minimum absolute atomic E-state index is 0.0363. The summed E-state index contributed by atoms with van der Waals surface area (Å²) in [5.74, 6) is -0.550. The summed E-state index contributed by atoms with van der Waals surface area (Å²) in [5.41, 5.74) is 1.01. The van der Waals surface area contributed by atoms with Crippen LogP contribution in [0.1, 0.15) is 22.3 Å². The zero-order chi connectivity index (χ0) is 17.3. The molecule has 3 nitrogen and oxygen atoms in total. The first-order valence-corrected chi connectivity index (χ1v) is 7.10. The Bertz CT molecular complexity index is 867. The molecule has 0 unspecified atom stereocenters. The van der Waals surface area contributed by atoms with Gasteiger partial charge in [0.15, 0.2) is 5.70 Å². The minimum atomic E-state index is -4.44. The number of hydrogen-bond acceptors (Lipinski definition) is 3. The third-order valence-electron chi connectivity index (χ3n) is 3.40. The van der Waals surface area contributed by atoms with Crippen molar-refractivity contribution in [2.24, 2.45) is 4.99 Å². The fraction of sp³-hybridized carbons (Fsp3) is 0.111. The predicted molar refractivity (Wildman–Crippen MR) is 83.2 cm³/mol. The van der Waals surface area contributed by atoms with Crippen LogP contribution >= 0.6 is 0 Å². The first-order chi connectivity index (χ1) is 11.3. The quantitative estimate of drug-likeness (QED) is 0.606. The fourth-order valence-corrected chi connectivity index (χ4v) is 2.27. The van der Waals surface area contributed by atoms with E-state index in [9.17, 15) is 18.0 Å². The molecule has 0 aromatic heterocycles. The molecular formula is C18H12F3NO2. The van der Waals surface area contributed by atoms with Gasteiger partial charge >= 0.3 is 12.1 Å². The molecule has 0 spiro atoms. The molecule has 0 bridgehead atoms. The molecule has 0 amide bonds. The van der Waals surface area contributed by atoms with E-state index in [2.05, 4.69) is 4.99 Å². The highest BCUT2D eigenvalue weighted by molar-refractivity contribution is 6.12. The van der Waals surface area contributed by atoms with E-state index >= 15 is 0 Å². The van der Waals surface area contributed by atoms with Gasteiger partial charge < -0.3 is 4.74 Å². The molecule has 2 aromatic carbocycles. The molecule has 1 heterocycles. The summed E-state index contributed by atoms with van der Waals surface area (Å²) in [7, 11) is 0. The van der Waals surface area contributed by atoms with E-state index in [1.807, 2.05) is 13.0 Å². The predicted octanol–water partition coefficient (Wildman–Crippen LogP) is 4.36. The number of aryl methyl sites for hydroxylation is 1. The third-order valence-corrected chi connectivity index (χ3v) is 3.40. The second-order valence-corrected chi connectivity index (χ2v) is 5.33. The third kappa shape index (κ3) is 3.37. The molecule has 24 heavy (non-hydrogen) atoms. The number of benzene rings is 2. The summed E-state index contributed by atoms with van der Waals surface area (Å²) >= 11 is 0. The molecule has 6 heteroatoms. The average molecular weight is 331 g/mol. The van der Waals surface area contributed by atoms with Gasteiger partial charge in [0.25, 0.3) is 0 Å². The second kappa shape index (κ2) is 5.96. The number of hydrogen-bond donors (Lipinski definition) is 0. The van der Waals surface area contributed by atoms with Gasteiger partial charge in [-0.05, 0) is 42.8 Å². The molecular weight excluding hydrogens is 319 g/mol. The average Bonchev–Trinajstić information content (AvgIpc) is 2.88. The van der Waals surface area contributed by atoms with E-state index in [1.54, 1.807) is 18.2 Å². The maximum Gasteiger partial charge on any atom is 0.416 e. The number of ether oxygens (including phenoxy) is 1. The lowest BCUT2D eigenvalue weighted by Gasteiger charge is -2.06. The summed E-state index contributed by atoms with van der Waals surface area (Å²) in [4.78, 5) is 16.0. The van der Waals surface area contributed by atoms with Crippen LogP contribution in [0.3, 0.4) is 0 Å². The molecule has 0 saturated carbocycles. The van der Waals surface area contributed by atoms with Crippen LogP contribution in [0.25, 0.3) is 6.08 Å². The second-order valence-electron chi connectivity index (χ2n) is 5.33. The number of rotatable bonds is 2. The van der Waals surface area contributed by atoms with Gasteiger partial charge in [-0.3, -0.25) is 0 Å². The van der Waals surface area contributed by atoms with Crippen LogP contribution in [0.15, 0.2) is 59.2 Å². The maximum absolute atomic E-state index is 12.7. The van der Waals surface area contributed by atoms with Crippen molar-refractivity contribution >= 4 is 17.9 Å². The zero-order valence-corrected chi connectivity index (χ0v) is 12.6. The first-order valence-electron chi connectivity index (χ1n) is 7.10. The van der Waals surface area contributed by atoms with Crippen molar-refractivity contribution in [3.05, 3.63) is 76.5 Å². The summed E-state index contributed by atoms with van der Waals surface area (Å²) in [5, 5.41) is 0. The largest absolute Gasteiger partial charge is 0.416 e. The standard InChI is InChI=1S/C18H12F3NO2/c1-11-4-2-6-13(8-11)16-22-15(17(23)24-16)10-12-5-3-7-14(9-12)18(19,20)21/h2-10H,1H3/b15-10+. The Balaban J connectivity index is 1.95. The summed E-state index contributed by atoms with van der Waals surface area (Å²) in [6, 6.07) is 11.9. The van der Waals surface area contributed by atoms with Crippen LogP contribution in [0, 0.1) is 6.92 Å². The van der Waals surface area contributed by atoms with Crippen molar-refractivity contribution in [1.82, 2.24) is 0 Å². The highest BCUT2D eigenvalue weighted by Crippen LogP contribution is 2.30. The highest BCUT2D eigenvalue weighted by Gasteiger charge is 2.30. The molecule has 1 aliphatic rings. The van der Waals surface area contributed by atoms with Crippen LogP contribution in [0.2, 0.25) is 0 Å². The number of nitrogens with zero attached hydrogens (tertiary/aromatic N) is 1. The first kappa shape index (κ1) is 16.0. The summed E-state index contributed by atoms with van der Waals surface area (Å²) in [6.07, 6.45) is -3.17.